The van der Waals surface area contributed by atoms with Crippen LogP contribution in [-0.4, -0.2) is 17.9 Å². The Hall–Kier alpha value is -2.81. The number of fused-ring (bicyclic) bond motifs is 1. The normalized spacial score (nSPS) is 17.9. The largest absolute Gasteiger partial charge is 0.507 e. The highest BCUT2D eigenvalue weighted by molar-refractivity contribution is 6.04. The van der Waals surface area contributed by atoms with E-state index in [9.17, 15) is 9.90 Å². The Balaban J connectivity index is 1.93. The number of carbonyl (C=O) groups excluding carboxylic acids is 1. The van der Waals surface area contributed by atoms with Crippen LogP contribution in [0.15, 0.2) is 72.4 Å². The molecule has 0 saturated heterocycles. The molecule has 0 bridgehead atoms. The van der Waals surface area contributed by atoms with E-state index in [0.717, 1.165) is 11.4 Å². The molecule has 0 unspecified atom stereocenters. The van der Waals surface area contributed by atoms with Crippen molar-refractivity contribution in [3.8, 4) is 0 Å². The van der Waals surface area contributed by atoms with Crippen molar-refractivity contribution in [2.75, 3.05) is 11.9 Å². The van der Waals surface area contributed by atoms with Crippen LogP contribution in [0.4, 0.5) is 5.69 Å². The lowest BCUT2D eigenvalue weighted by Gasteiger charge is -2.23. The van der Waals surface area contributed by atoms with Gasteiger partial charge in [-0.25, -0.2) is 0 Å². The molecule has 1 aliphatic rings. The number of rotatable bonds is 3. The molecule has 3 nitrogen and oxygen atoms in total. The number of anilines is 1. The first-order valence-corrected chi connectivity index (χ1v) is 7.96. The standard InChI is InChI=1S/C21H21NO2/c1-21(2)17-11-7-8-12-18(17)22(3)20(21)14-16(23)13-19(24)15-9-5-4-6-10-15/h4-14,24H,1-3H3/b19-13-,20-14+. The summed E-state index contributed by atoms with van der Waals surface area (Å²) >= 11 is 0. The second-order valence-corrected chi connectivity index (χ2v) is 6.53. The SMILES string of the molecule is CN1/C(=C/C(=O)/C=C(\O)c2ccccc2)C(C)(C)c2ccccc21. The van der Waals surface area contributed by atoms with Crippen LogP contribution in [-0.2, 0) is 10.2 Å². The van der Waals surface area contributed by atoms with Gasteiger partial charge in [-0.1, -0.05) is 62.4 Å². The predicted molar refractivity (Wildman–Crippen MR) is 98.0 cm³/mol. The van der Waals surface area contributed by atoms with Crippen molar-refractivity contribution >= 4 is 17.2 Å². The van der Waals surface area contributed by atoms with Gasteiger partial charge >= 0.3 is 0 Å². The number of nitrogens with zero attached hydrogens (tertiary/aromatic N) is 1. The summed E-state index contributed by atoms with van der Waals surface area (Å²) in [5.74, 6) is -0.243. The number of likely N-dealkylation sites (N-methyl/N-ethyl adjacent to an activating group) is 1. The van der Waals surface area contributed by atoms with E-state index in [-0.39, 0.29) is 17.0 Å². The van der Waals surface area contributed by atoms with Crippen LogP contribution < -0.4 is 4.90 Å². The van der Waals surface area contributed by atoms with E-state index in [0.29, 0.717) is 5.56 Å². The number of hydrogen-bond donors (Lipinski definition) is 1. The molecule has 3 heteroatoms. The lowest BCUT2D eigenvalue weighted by atomic mass is 9.83. The van der Waals surface area contributed by atoms with Crippen LogP contribution in [0.5, 0.6) is 0 Å². The van der Waals surface area contributed by atoms with Gasteiger partial charge in [0.05, 0.1) is 0 Å². The van der Waals surface area contributed by atoms with Crippen LogP contribution in [0.1, 0.15) is 25.0 Å². The lowest BCUT2D eigenvalue weighted by Crippen LogP contribution is -2.23. The van der Waals surface area contributed by atoms with E-state index in [4.69, 9.17) is 0 Å². The summed E-state index contributed by atoms with van der Waals surface area (Å²) in [5.41, 5.74) is 3.61. The summed E-state index contributed by atoms with van der Waals surface area (Å²) in [5, 5.41) is 10.1. The molecule has 0 amide bonds. The highest BCUT2D eigenvalue weighted by Gasteiger charge is 2.38. The van der Waals surface area contributed by atoms with E-state index in [1.54, 1.807) is 18.2 Å². The number of para-hydroxylation sites is 1. The van der Waals surface area contributed by atoms with Crippen molar-refractivity contribution in [1.82, 2.24) is 0 Å². The number of ketones is 1. The summed E-state index contributed by atoms with van der Waals surface area (Å²) in [4.78, 5) is 14.5. The van der Waals surface area contributed by atoms with E-state index >= 15 is 0 Å². The van der Waals surface area contributed by atoms with Gasteiger partial charge in [-0.15, -0.1) is 0 Å². The van der Waals surface area contributed by atoms with Crippen molar-refractivity contribution < 1.29 is 9.90 Å². The number of benzene rings is 2. The second kappa shape index (κ2) is 6.00. The fourth-order valence-corrected chi connectivity index (χ4v) is 3.26. The van der Waals surface area contributed by atoms with E-state index in [1.807, 2.05) is 42.3 Å². The topological polar surface area (TPSA) is 40.5 Å². The highest BCUT2D eigenvalue weighted by Crippen LogP contribution is 2.46. The number of aliphatic hydroxyl groups excluding tert-OH is 1. The molecule has 0 aliphatic carbocycles. The molecule has 3 rings (SSSR count). The van der Waals surface area contributed by atoms with Gasteiger partial charge < -0.3 is 10.0 Å². The molecule has 2 aromatic carbocycles. The van der Waals surface area contributed by atoms with Crippen LogP contribution in [0.25, 0.3) is 5.76 Å². The maximum absolute atomic E-state index is 12.4. The molecule has 0 spiro atoms. The Bertz CT molecular complexity index is 832. The Kier molecular flexibility index (Phi) is 4.02. The zero-order chi connectivity index (χ0) is 17.3. The predicted octanol–water partition coefficient (Wildman–Crippen LogP) is 4.47. The van der Waals surface area contributed by atoms with Crippen LogP contribution in [0.3, 0.4) is 0 Å². The Morgan fingerprint density at radius 3 is 2.33 bits per heavy atom. The average Bonchev–Trinajstić information content (AvgIpc) is 2.77. The van der Waals surface area contributed by atoms with Gasteiger partial charge in [-0.05, 0) is 11.6 Å². The minimum absolute atomic E-state index is 0.0200. The molecule has 1 N–H and O–H groups in total. The third kappa shape index (κ3) is 2.73. The monoisotopic (exact) mass is 319 g/mol. The quantitative estimate of drug-likeness (QED) is 0.670. The van der Waals surface area contributed by atoms with Gasteiger partial charge in [0, 0.05) is 41.6 Å². The summed E-state index contributed by atoms with van der Waals surface area (Å²) in [6.45, 7) is 4.21. The lowest BCUT2D eigenvalue weighted by molar-refractivity contribution is -0.110. The van der Waals surface area contributed by atoms with Gasteiger partial charge in [0.2, 0.25) is 0 Å². The summed E-state index contributed by atoms with van der Waals surface area (Å²) in [7, 11) is 1.97. The molecule has 122 valence electrons. The van der Waals surface area contributed by atoms with Crippen molar-refractivity contribution in [2.45, 2.75) is 19.3 Å². The third-order valence-electron chi connectivity index (χ3n) is 4.57. The molecule has 0 aromatic heterocycles. The fourth-order valence-electron chi connectivity index (χ4n) is 3.26. The summed E-state index contributed by atoms with van der Waals surface area (Å²) in [6.07, 6.45) is 2.88. The zero-order valence-corrected chi connectivity index (χ0v) is 14.2. The highest BCUT2D eigenvalue weighted by atomic mass is 16.3. The van der Waals surface area contributed by atoms with Gasteiger partial charge in [0.15, 0.2) is 5.78 Å². The first-order chi connectivity index (χ1) is 11.4. The summed E-state index contributed by atoms with van der Waals surface area (Å²) < 4.78 is 0. The molecule has 0 radical (unpaired) electrons. The number of allylic oxidation sites excluding steroid dienone is 3. The van der Waals surface area contributed by atoms with Crippen LogP contribution in [0, 0.1) is 0 Å². The van der Waals surface area contributed by atoms with Crippen molar-refractivity contribution in [3.63, 3.8) is 0 Å². The van der Waals surface area contributed by atoms with Gasteiger partial charge in [-0.3, -0.25) is 4.79 Å². The Morgan fingerprint density at radius 1 is 1.04 bits per heavy atom. The second-order valence-electron chi connectivity index (χ2n) is 6.53. The molecule has 2 aromatic rings. The summed E-state index contributed by atoms with van der Waals surface area (Å²) in [6, 6.07) is 17.2. The van der Waals surface area contributed by atoms with Crippen molar-refractivity contribution in [2.24, 2.45) is 0 Å². The van der Waals surface area contributed by atoms with Gasteiger partial charge in [-0.2, -0.15) is 0 Å². The van der Waals surface area contributed by atoms with E-state index < -0.39 is 0 Å². The maximum Gasteiger partial charge on any atom is 0.184 e. The molecule has 0 atom stereocenters. The van der Waals surface area contributed by atoms with Gasteiger partial charge in [0.25, 0.3) is 0 Å². The number of carbonyl (C=O) groups is 1. The zero-order valence-electron chi connectivity index (χ0n) is 14.2. The first kappa shape index (κ1) is 16.1. The van der Waals surface area contributed by atoms with E-state index in [2.05, 4.69) is 26.0 Å². The third-order valence-corrected chi connectivity index (χ3v) is 4.57. The molecule has 0 saturated carbocycles. The molecular weight excluding hydrogens is 298 g/mol. The molecule has 1 aliphatic heterocycles. The van der Waals surface area contributed by atoms with Crippen molar-refractivity contribution in [1.29, 1.82) is 0 Å². The van der Waals surface area contributed by atoms with Crippen LogP contribution in [0.2, 0.25) is 0 Å². The molecular formula is C21H21NO2. The first-order valence-electron chi connectivity index (χ1n) is 7.96. The minimum atomic E-state index is -0.253. The van der Waals surface area contributed by atoms with Crippen molar-refractivity contribution in [3.05, 3.63) is 83.6 Å². The number of hydrogen-bond acceptors (Lipinski definition) is 3. The Morgan fingerprint density at radius 2 is 1.67 bits per heavy atom. The fraction of sp³-hybridized carbons (Fsp3) is 0.190. The smallest absolute Gasteiger partial charge is 0.184 e. The molecule has 0 fully saturated rings. The molecule has 1 heterocycles. The minimum Gasteiger partial charge on any atom is -0.507 e. The van der Waals surface area contributed by atoms with Gasteiger partial charge in [0.1, 0.15) is 5.76 Å². The average molecular weight is 319 g/mol. The van der Waals surface area contributed by atoms with Crippen LogP contribution >= 0.6 is 0 Å². The maximum atomic E-state index is 12.4. The van der Waals surface area contributed by atoms with E-state index in [1.165, 1.54) is 11.6 Å². The Labute approximate surface area is 142 Å². The molecule has 24 heavy (non-hydrogen) atoms. The number of aliphatic hydroxyl groups is 1.